The minimum Gasteiger partial charge on any atom is -0.455 e. The van der Waals surface area contributed by atoms with Crippen LogP contribution in [0, 0.1) is 5.92 Å². The average molecular weight is 327 g/mol. The van der Waals surface area contributed by atoms with Crippen molar-refractivity contribution in [3.63, 3.8) is 0 Å². The smallest absolute Gasteiger partial charge is 0.331 e. The zero-order valence-corrected chi connectivity index (χ0v) is 14.9. The molecule has 0 heterocycles. The fourth-order valence-electron chi connectivity index (χ4n) is 3.63. The van der Waals surface area contributed by atoms with Crippen LogP contribution in [-0.2, 0) is 9.53 Å². The summed E-state index contributed by atoms with van der Waals surface area (Å²) in [7, 11) is 4.15. The van der Waals surface area contributed by atoms with Crippen molar-refractivity contribution in [1.82, 2.24) is 4.90 Å². The van der Waals surface area contributed by atoms with Crippen molar-refractivity contribution in [2.45, 2.75) is 37.7 Å². The lowest BCUT2D eigenvalue weighted by Crippen LogP contribution is -2.48. The Morgan fingerprint density at radius 3 is 2.75 bits per heavy atom. The second-order valence-electron chi connectivity index (χ2n) is 6.93. The zero-order valence-electron chi connectivity index (χ0n) is 14.9. The van der Waals surface area contributed by atoms with Crippen molar-refractivity contribution >= 4 is 12.0 Å². The molecule has 1 saturated carbocycles. The molecule has 2 rings (SSSR count). The van der Waals surface area contributed by atoms with Gasteiger partial charge in [-0.25, -0.2) is 4.79 Å². The van der Waals surface area contributed by atoms with Crippen LogP contribution < -0.4 is 0 Å². The lowest BCUT2D eigenvalue weighted by Gasteiger charge is -2.44. The fourth-order valence-corrected chi connectivity index (χ4v) is 3.63. The van der Waals surface area contributed by atoms with E-state index in [2.05, 4.69) is 25.6 Å². The molecule has 1 aliphatic carbocycles. The fraction of sp³-hybridized carbons (Fsp3) is 0.476. The van der Waals surface area contributed by atoms with E-state index in [1.165, 1.54) is 6.42 Å². The largest absolute Gasteiger partial charge is 0.455 e. The third-order valence-corrected chi connectivity index (χ3v) is 4.74. The Morgan fingerprint density at radius 1 is 1.33 bits per heavy atom. The topological polar surface area (TPSA) is 29.5 Å². The first kappa shape index (κ1) is 18.5. The van der Waals surface area contributed by atoms with Gasteiger partial charge in [-0.3, -0.25) is 0 Å². The van der Waals surface area contributed by atoms with Gasteiger partial charge in [0.1, 0.15) is 5.60 Å². The number of benzene rings is 1. The number of rotatable bonds is 7. The van der Waals surface area contributed by atoms with Crippen LogP contribution in [-0.4, -0.2) is 37.1 Å². The second kappa shape index (κ2) is 8.84. The maximum Gasteiger partial charge on any atom is 0.331 e. The van der Waals surface area contributed by atoms with Gasteiger partial charge in [0.15, 0.2) is 0 Å². The van der Waals surface area contributed by atoms with Crippen molar-refractivity contribution in [3.8, 4) is 0 Å². The third kappa shape index (κ3) is 5.07. The van der Waals surface area contributed by atoms with Crippen molar-refractivity contribution in [2.24, 2.45) is 5.92 Å². The van der Waals surface area contributed by atoms with Gasteiger partial charge in [-0.15, -0.1) is 6.58 Å². The molecule has 2 atom stereocenters. The lowest BCUT2D eigenvalue weighted by molar-refractivity contribution is -0.165. The van der Waals surface area contributed by atoms with E-state index >= 15 is 0 Å². The summed E-state index contributed by atoms with van der Waals surface area (Å²) in [5.41, 5.74) is 0.586. The summed E-state index contributed by atoms with van der Waals surface area (Å²) in [5, 5.41) is 0. The molecule has 0 radical (unpaired) electrons. The monoisotopic (exact) mass is 327 g/mol. The summed E-state index contributed by atoms with van der Waals surface area (Å²) in [4.78, 5) is 14.6. The summed E-state index contributed by atoms with van der Waals surface area (Å²) in [5.74, 6) is 0.0969. The molecule has 0 saturated heterocycles. The normalized spacial score (nSPS) is 24.2. The molecule has 0 aliphatic heterocycles. The SMILES string of the molecule is C=CCC1(OC(=O)/C=C/c2ccccc2)CCCCC1CN(C)C. The van der Waals surface area contributed by atoms with Crippen molar-refractivity contribution in [2.75, 3.05) is 20.6 Å². The van der Waals surface area contributed by atoms with Crippen LogP contribution in [0.4, 0.5) is 0 Å². The highest BCUT2D eigenvalue weighted by Gasteiger charge is 2.43. The van der Waals surface area contributed by atoms with E-state index < -0.39 is 5.60 Å². The Morgan fingerprint density at radius 2 is 2.08 bits per heavy atom. The van der Waals surface area contributed by atoms with Gasteiger partial charge in [0, 0.05) is 25.0 Å². The maximum atomic E-state index is 12.4. The van der Waals surface area contributed by atoms with Gasteiger partial charge in [0.05, 0.1) is 0 Å². The van der Waals surface area contributed by atoms with Crippen molar-refractivity contribution in [3.05, 3.63) is 54.6 Å². The second-order valence-corrected chi connectivity index (χ2v) is 6.93. The van der Waals surface area contributed by atoms with Gasteiger partial charge in [-0.05, 0) is 45.0 Å². The Balaban J connectivity index is 2.11. The first-order valence-corrected chi connectivity index (χ1v) is 8.77. The first-order valence-electron chi connectivity index (χ1n) is 8.77. The molecule has 0 spiro atoms. The van der Waals surface area contributed by atoms with E-state index in [-0.39, 0.29) is 5.97 Å². The van der Waals surface area contributed by atoms with Crippen LogP contribution in [0.1, 0.15) is 37.7 Å². The van der Waals surface area contributed by atoms with E-state index in [4.69, 9.17) is 4.74 Å². The lowest BCUT2D eigenvalue weighted by atomic mass is 9.73. The number of nitrogens with zero attached hydrogens (tertiary/aromatic N) is 1. The molecule has 0 aromatic heterocycles. The minimum atomic E-state index is -0.414. The molecule has 2 unspecified atom stereocenters. The van der Waals surface area contributed by atoms with Gasteiger partial charge in [-0.2, -0.15) is 0 Å². The Hall–Kier alpha value is -1.87. The molecule has 0 N–H and O–H groups in total. The van der Waals surface area contributed by atoms with Crippen LogP contribution >= 0.6 is 0 Å². The zero-order chi connectivity index (χ0) is 17.4. The van der Waals surface area contributed by atoms with Gasteiger partial charge < -0.3 is 9.64 Å². The Bertz CT molecular complexity index is 564. The van der Waals surface area contributed by atoms with Crippen LogP contribution in [0.15, 0.2) is 49.1 Å². The van der Waals surface area contributed by atoms with E-state index in [9.17, 15) is 4.79 Å². The average Bonchev–Trinajstić information content (AvgIpc) is 2.56. The van der Waals surface area contributed by atoms with E-state index in [1.54, 1.807) is 6.08 Å². The molecule has 1 fully saturated rings. The molecular formula is C21H29NO2. The maximum absolute atomic E-state index is 12.4. The summed E-state index contributed by atoms with van der Waals surface area (Å²) in [6, 6.07) is 9.82. The van der Waals surface area contributed by atoms with Gasteiger partial charge >= 0.3 is 5.97 Å². The third-order valence-electron chi connectivity index (χ3n) is 4.74. The molecule has 0 amide bonds. The highest BCUT2D eigenvalue weighted by Crippen LogP contribution is 2.40. The standard InChI is InChI=1S/C21H29NO2/c1-4-15-21(16-9-8-12-19(21)17-22(2)3)24-20(23)14-13-18-10-6-5-7-11-18/h4-7,10-11,13-14,19H,1,8-9,12,15-17H2,2-3H3/b14-13+. The van der Waals surface area contributed by atoms with Crippen molar-refractivity contribution in [1.29, 1.82) is 0 Å². The van der Waals surface area contributed by atoms with Crippen LogP contribution in [0.5, 0.6) is 0 Å². The number of carbonyl (C=O) groups is 1. The molecule has 3 heteroatoms. The molecule has 24 heavy (non-hydrogen) atoms. The number of hydrogen-bond acceptors (Lipinski definition) is 3. The molecule has 1 aliphatic rings. The van der Waals surface area contributed by atoms with Crippen LogP contribution in [0.3, 0.4) is 0 Å². The van der Waals surface area contributed by atoms with Gasteiger partial charge in [0.25, 0.3) is 0 Å². The van der Waals surface area contributed by atoms with Crippen LogP contribution in [0.25, 0.3) is 6.08 Å². The van der Waals surface area contributed by atoms with Crippen molar-refractivity contribution < 1.29 is 9.53 Å². The quantitative estimate of drug-likeness (QED) is 0.424. The molecule has 1 aromatic carbocycles. The van der Waals surface area contributed by atoms with E-state index in [1.807, 2.05) is 42.5 Å². The van der Waals surface area contributed by atoms with E-state index in [0.29, 0.717) is 5.92 Å². The number of carbonyl (C=O) groups excluding carboxylic acids is 1. The molecule has 0 bridgehead atoms. The predicted molar refractivity (Wildman–Crippen MR) is 99.6 cm³/mol. The molecule has 1 aromatic rings. The minimum absolute atomic E-state index is 0.258. The summed E-state index contributed by atoms with van der Waals surface area (Å²) >= 11 is 0. The molecule has 3 nitrogen and oxygen atoms in total. The van der Waals surface area contributed by atoms with Gasteiger partial charge in [-0.1, -0.05) is 42.8 Å². The predicted octanol–water partition coefficient (Wildman–Crippen LogP) is 4.31. The van der Waals surface area contributed by atoms with E-state index in [0.717, 1.165) is 37.8 Å². The Labute approximate surface area is 146 Å². The number of ether oxygens (including phenoxy) is 1. The Kier molecular flexibility index (Phi) is 6.80. The number of esters is 1. The summed E-state index contributed by atoms with van der Waals surface area (Å²) in [6.07, 6.45) is 10.3. The highest BCUT2D eigenvalue weighted by molar-refractivity contribution is 5.87. The highest BCUT2D eigenvalue weighted by atomic mass is 16.6. The van der Waals surface area contributed by atoms with Gasteiger partial charge in [0.2, 0.25) is 0 Å². The summed E-state index contributed by atoms with van der Waals surface area (Å²) in [6.45, 7) is 4.83. The molecule has 130 valence electrons. The number of hydrogen-bond donors (Lipinski definition) is 0. The first-order chi connectivity index (χ1) is 11.6. The van der Waals surface area contributed by atoms with Crippen LogP contribution in [0.2, 0.25) is 0 Å². The molecular weight excluding hydrogens is 298 g/mol. The summed E-state index contributed by atoms with van der Waals surface area (Å²) < 4.78 is 6.03.